The molecule has 2 aromatic rings. The lowest BCUT2D eigenvalue weighted by Gasteiger charge is -2.30. The largest absolute Gasteiger partial charge is 0.391 e. The van der Waals surface area contributed by atoms with Crippen LogP contribution in [-0.2, 0) is 12.8 Å². The number of carbonyl (C=O) groups is 1. The summed E-state index contributed by atoms with van der Waals surface area (Å²) in [6.45, 7) is 1.17. The highest BCUT2D eigenvalue weighted by atomic mass is 16.3. The zero-order valence-corrected chi connectivity index (χ0v) is 14.3. The number of nitrogens with zero attached hydrogens (tertiary/aromatic N) is 1. The molecule has 4 nitrogen and oxygen atoms in total. The quantitative estimate of drug-likeness (QED) is 0.906. The Morgan fingerprint density at radius 3 is 2.56 bits per heavy atom. The SMILES string of the molecule is O=C(c1cccc(NC2Cc3ccccc3C2)c1)N1CCCC(O)C1. The van der Waals surface area contributed by atoms with E-state index in [2.05, 4.69) is 29.6 Å². The summed E-state index contributed by atoms with van der Waals surface area (Å²) >= 11 is 0. The summed E-state index contributed by atoms with van der Waals surface area (Å²) < 4.78 is 0. The first kappa shape index (κ1) is 16.2. The van der Waals surface area contributed by atoms with E-state index >= 15 is 0 Å². The molecular formula is C21H24N2O2. The van der Waals surface area contributed by atoms with Crippen LogP contribution in [-0.4, -0.2) is 41.1 Å². The summed E-state index contributed by atoms with van der Waals surface area (Å²) in [5, 5.41) is 13.4. The van der Waals surface area contributed by atoms with Crippen LogP contribution in [0.5, 0.6) is 0 Å². The van der Waals surface area contributed by atoms with Gasteiger partial charge in [-0.3, -0.25) is 4.79 Å². The van der Waals surface area contributed by atoms with Gasteiger partial charge in [0.25, 0.3) is 5.91 Å². The molecule has 0 bridgehead atoms. The van der Waals surface area contributed by atoms with E-state index in [1.807, 2.05) is 24.3 Å². The molecule has 1 heterocycles. The van der Waals surface area contributed by atoms with Crippen LogP contribution in [0.1, 0.15) is 34.3 Å². The average molecular weight is 336 g/mol. The van der Waals surface area contributed by atoms with E-state index < -0.39 is 6.10 Å². The van der Waals surface area contributed by atoms with Crippen molar-refractivity contribution in [1.29, 1.82) is 0 Å². The first-order valence-corrected chi connectivity index (χ1v) is 9.10. The van der Waals surface area contributed by atoms with Crippen molar-refractivity contribution in [1.82, 2.24) is 4.90 Å². The molecule has 1 aliphatic heterocycles. The number of hydrogen-bond donors (Lipinski definition) is 2. The second-order valence-corrected chi connectivity index (χ2v) is 7.15. The fourth-order valence-corrected chi connectivity index (χ4v) is 3.96. The van der Waals surface area contributed by atoms with Crippen molar-refractivity contribution in [3.63, 3.8) is 0 Å². The molecule has 2 aliphatic rings. The van der Waals surface area contributed by atoms with E-state index in [1.165, 1.54) is 11.1 Å². The van der Waals surface area contributed by atoms with Crippen LogP contribution in [0.2, 0.25) is 0 Å². The molecule has 1 unspecified atom stereocenters. The maximum Gasteiger partial charge on any atom is 0.254 e. The number of nitrogens with one attached hydrogen (secondary N) is 1. The van der Waals surface area contributed by atoms with Gasteiger partial charge < -0.3 is 15.3 Å². The summed E-state index contributed by atoms with van der Waals surface area (Å²) in [6, 6.07) is 16.7. The molecule has 130 valence electrons. The Kier molecular flexibility index (Phi) is 4.45. The molecule has 25 heavy (non-hydrogen) atoms. The second-order valence-electron chi connectivity index (χ2n) is 7.15. The van der Waals surface area contributed by atoms with Crippen molar-refractivity contribution in [2.45, 2.75) is 37.8 Å². The summed E-state index contributed by atoms with van der Waals surface area (Å²) in [4.78, 5) is 14.5. The van der Waals surface area contributed by atoms with Crippen molar-refractivity contribution in [2.75, 3.05) is 18.4 Å². The number of piperidine rings is 1. The van der Waals surface area contributed by atoms with Gasteiger partial charge in [-0.1, -0.05) is 30.3 Å². The molecule has 4 heteroatoms. The minimum Gasteiger partial charge on any atom is -0.391 e. The van der Waals surface area contributed by atoms with Gasteiger partial charge in [0.15, 0.2) is 0 Å². The molecule has 0 saturated carbocycles. The topological polar surface area (TPSA) is 52.6 Å². The van der Waals surface area contributed by atoms with Crippen LogP contribution in [0, 0.1) is 0 Å². The number of carbonyl (C=O) groups excluding carboxylic acids is 1. The normalized spacial score (nSPS) is 20.4. The molecule has 2 N–H and O–H groups in total. The molecule has 1 saturated heterocycles. The molecule has 0 spiro atoms. The van der Waals surface area contributed by atoms with E-state index in [0.29, 0.717) is 18.2 Å². The van der Waals surface area contributed by atoms with Crippen LogP contribution < -0.4 is 5.32 Å². The molecule has 1 fully saturated rings. The molecule has 2 aromatic carbocycles. The van der Waals surface area contributed by atoms with Gasteiger partial charge >= 0.3 is 0 Å². The second kappa shape index (κ2) is 6.89. The first-order chi connectivity index (χ1) is 12.2. The lowest BCUT2D eigenvalue weighted by Crippen LogP contribution is -2.42. The number of rotatable bonds is 3. The lowest BCUT2D eigenvalue weighted by molar-refractivity contribution is 0.0474. The Morgan fingerprint density at radius 1 is 1.08 bits per heavy atom. The van der Waals surface area contributed by atoms with Crippen LogP contribution in [0.15, 0.2) is 48.5 Å². The fraction of sp³-hybridized carbons (Fsp3) is 0.381. The Morgan fingerprint density at radius 2 is 1.84 bits per heavy atom. The van der Waals surface area contributed by atoms with Crippen molar-refractivity contribution < 1.29 is 9.90 Å². The molecule has 4 rings (SSSR count). The molecule has 1 atom stereocenters. The van der Waals surface area contributed by atoms with Crippen LogP contribution >= 0.6 is 0 Å². The monoisotopic (exact) mass is 336 g/mol. The van der Waals surface area contributed by atoms with Gasteiger partial charge in [0, 0.05) is 30.4 Å². The van der Waals surface area contributed by atoms with Crippen molar-refractivity contribution in [3.8, 4) is 0 Å². The van der Waals surface area contributed by atoms with Gasteiger partial charge in [-0.2, -0.15) is 0 Å². The van der Waals surface area contributed by atoms with Crippen LogP contribution in [0.3, 0.4) is 0 Å². The predicted molar refractivity (Wildman–Crippen MR) is 98.8 cm³/mol. The van der Waals surface area contributed by atoms with Crippen molar-refractivity contribution in [3.05, 3.63) is 65.2 Å². The van der Waals surface area contributed by atoms with Crippen molar-refractivity contribution >= 4 is 11.6 Å². The molecule has 1 aliphatic carbocycles. The Hall–Kier alpha value is -2.33. The standard InChI is InChI=1S/C21H24N2O2/c24-20-9-4-10-23(14-20)21(25)17-7-3-8-18(13-17)22-19-11-15-5-1-2-6-16(15)12-19/h1-3,5-8,13,19-20,22,24H,4,9-12,14H2. The van der Waals surface area contributed by atoms with Gasteiger partial charge in [0.05, 0.1) is 6.10 Å². The van der Waals surface area contributed by atoms with E-state index in [9.17, 15) is 9.90 Å². The number of benzene rings is 2. The van der Waals surface area contributed by atoms with Gasteiger partial charge in [-0.25, -0.2) is 0 Å². The van der Waals surface area contributed by atoms with Gasteiger partial charge in [-0.15, -0.1) is 0 Å². The Balaban J connectivity index is 1.44. The number of amides is 1. The molecule has 0 radical (unpaired) electrons. The number of aliphatic hydroxyl groups excluding tert-OH is 1. The maximum absolute atomic E-state index is 12.7. The smallest absolute Gasteiger partial charge is 0.254 e. The number of aliphatic hydroxyl groups is 1. The summed E-state index contributed by atoms with van der Waals surface area (Å²) in [6.07, 6.45) is 3.30. The fourth-order valence-electron chi connectivity index (χ4n) is 3.96. The average Bonchev–Trinajstić information content (AvgIpc) is 3.03. The number of likely N-dealkylation sites (tertiary alicyclic amines) is 1. The van der Waals surface area contributed by atoms with E-state index in [-0.39, 0.29) is 5.91 Å². The zero-order valence-electron chi connectivity index (χ0n) is 14.3. The summed E-state index contributed by atoms with van der Waals surface area (Å²) in [5.74, 6) is 0.0112. The van der Waals surface area contributed by atoms with Crippen LogP contribution in [0.4, 0.5) is 5.69 Å². The third-order valence-corrected chi connectivity index (χ3v) is 5.22. The molecular weight excluding hydrogens is 312 g/mol. The third-order valence-electron chi connectivity index (χ3n) is 5.22. The van der Waals surface area contributed by atoms with Crippen molar-refractivity contribution in [2.24, 2.45) is 0 Å². The highest BCUT2D eigenvalue weighted by molar-refractivity contribution is 5.95. The number of hydrogen-bond acceptors (Lipinski definition) is 3. The first-order valence-electron chi connectivity index (χ1n) is 9.10. The number of anilines is 1. The summed E-state index contributed by atoms with van der Waals surface area (Å²) in [5.41, 5.74) is 4.50. The van der Waals surface area contributed by atoms with Gasteiger partial charge in [-0.05, 0) is 55.0 Å². The van der Waals surface area contributed by atoms with Gasteiger partial charge in [0.2, 0.25) is 0 Å². The molecule has 1 amide bonds. The predicted octanol–water partition coefficient (Wildman–Crippen LogP) is 2.86. The number of β-amino-alcohol motifs (C(OH)–C–C–N with tert-alkyl or cyclic N) is 1. The molecule has 0 aromatic heterocycles. The zero-order chi connectivity index (χ0) is 17.2. The highest BCUT2D eigenvalue weighted by Gasteiger charge is 2.24. The highest BCUT2D eigenvalue weighted by Crippen LogP contribution is 2.25. The number of fused-ring (bicyclic) bond motifs is 1. The Labute approximate surface area is 148 Å². The minimum atomic E-state index is -0.393. The Bertz CT molecular complexity index is 749. The minimum absolute atomic E-state index is 0.0112. The van der Waals surface area contributed by atoms with Gasteiger partial charge in [0.1, 0.15) is 0 Å². The summed E-state index contributed by atoms with van der Waals surface area (Å²) in [7, 11) is 0. The van der Waals surface area contributed by atoms with E-state index in [0.717, 1.165) is 37.9 Å². The lowest BCUT2D eigenvalue weighted by atomic mass is 10.1. The third kappa shape index (κ3) is 3.54. The maximum atomic E-state index is 12.7. The van der Waals surface area contributed by atoms with E-state index in [4.69, 9.17) is 0 Å². The van der Waals surface area contributed by atoms with E-state index in [1.54, 1.807) is 4.90 Å². The van der Waals surface area contributed by atoms with Crippen LogP contribution in [0.25, 0.3) is 0 Å².